The quantitative estimate of drug-likeness (QED) is 0.362. The summed E-state index contributed by atoms with van der Waals surface area (Å²) in [7, 11) is 1.27. The number of hydrogen-bond acceptors (Lipinski definition) is 3. The van der Waals surface area contributed by atoms with Gasteiger partial charge in [-0.15, -0.1) is 12.1 Å². The van der Waals surface area contributed by atoms with E-state index in [1.54, 1.807) is 12.1 Å². The molecule has 0 saturated carbocycles. The first kappa shape index (κ1) is 23.4. The molecule has 0 heterocycles. The summed E-state index contributed by atoms with van der Waals surface area (Å²) < 4.78 is 4.47. The molecule has 2 rings (SSSR count). The number of methoxy groups -OCH3 is 1. The molecule has 0 N–H and O–H groups in total. The van der Waals surface area contributed by atoms with E-state index in [-0.39, 0.29) is 31.1 Å². The van der Waals surface area contributed by atoms with Gasteiger partial charge >= 0.3 is 24.8 Å². The first-order valence-corrected chi connectivity index (χ1v) is 8.12. The van der Waals surface area contributed by atoms with Gasteiger partial charge in [0.2, 0.25) is 0 Å². The van der Waals surface area contributed by atoms with E-state index in [1.165, 1.54) is 7.11 Å². The Labute approximate surface area is 162 Å². The topological polar surface area (TPSA) is 57.5 Å². The van der Waals surface area contributed by atoms with Crippen molar-refractivity contribution in [3.63, 3.8) is 0 Å². The molecule has 0 saturated heterocycles. The number of esters is 1. The van der Waals surface area contributed by atoms with Crippen LogP contribution in [-0.2, 0) is 9.53 Å². The number of Topliss-reactive ketones (excluding diaryl/α,β-unsaturated/α-hetero) is 1. The minimum atomic E-state index is -0.511. The number of ether oxygens (including phenoxy) is 1. The number of rotatable bonds is 5. The zero-order chi connectivity index (χ0) is 18.1. The fraction of sp³-hybridized carbons (Fsp3) is 0.400. The summed E-state index contributed by atoms with van der Waals surface area (Å²) in [6, 6.07) is 14.2. The van der Waals surface area contributed by atoms with Gasteiger partial charge in [0.15, 0.2) is 5.78 Å². The summed E-state index contributed by atoms with van der Waals surface area (Å²) in [5, 5.41) is 6.34. The zero-order valence-electron chi connectivity index (χ0n) is 16.1. The fourth-order valence-electron chi connectivity index (χ4n) is 2.26. The molecule has 2 aromatic rings. The standard InChI is InChI=1S/C14H12O3.C6H14N.Li/c1-17-14(16)9-13(15)12-7-6-10-4-2-3-5-11(10)8-12;1-5(2)7-6(3)4;/h2-8H,9H2,1H3;5-6H,1-4H3;/q;-1;+1. The van der Waals surface area contributed by atoms with Crippen LogP contribution in [-0.4, -0.2) is 30.9 Å². The van der Waals surface area contributed by atoms with Crippen molar-refractivity contribution < 1.29 is 33.2 Å². The third kappa shape index (κ3) is 8.88. The van der Waals surface area contributed by atoms with E-state index in [0.717, 1.165) is 10.8 Å². The van der Waals surface area contributed by atoms with Gasteiger partial charge in [-0.3, -0.25) is 9.59 Å². The Bertz CT molecular complexity index is 677. The van der Waals surface area contributed by atoms with Crippen molar-refractivity contribution in [2.24, 2.45) is 0 Å². The minimum Gasteiger partial charge on any atom is -0.658 e. The largest absolute Gasteiger partial charge is 1.00 e. The molecule has 0 aliphatic heterocycles. The SMILES string of the molecule is CC(C)[N-]C(C)C.COC(=O)CC(=O)c1ccc2ccccc2c1.[Li+]. The Morgan fingerprint density at radius 2 is 1.52 bits per heavy atom. The van der Waals surface area contributed by atoms with Crippen LogP contribution in [0.4, 0.5) is 0 Å². The molecule has 2 aromatic carbocycles. The monoisotopic (exact) mass is 335 g/mol. The van der Waals surface area contributed by atoms with Gasteiger partial charge in [0, 0.05) is 5.56 Å². The van der Waals surface area contributed by atoms with Crippen molar-refractivity contribution in [2.75, 3.05) is 7.11 Å². The van der Waals surface area contributed by atoms with Gasteiger partial charge in [0.1, 0.15) is 6.42 Å². The van der Waals surface area contributed by atoms with Gasteiger partial charge < -0.3 is 10.1 Å². The van der Waals surface area contributed by atoms with E-state index >= 15 is 0 Å². The van der Waals surface area contributed by atoms with Crippen molar-refractivity contribution in [1.29, 1.82) is 0 Å². The van der Waals surface area contributed by atoms with Crippen molar-refractivity contribution in [2.45, 2.75) is 46.2 Å². The average Bonchev–Trinajstić information content (AvgIpc) is 2.53. The summed E-state index contributed by atoms with van der Waals surface area (Å²) in [6.45, 7) is 8.39. The van der Waals surface area contributed by atoms with Crippen LogP contribution >= 0.6 is 0 Å². The maximum Gasteiger partial charge on any atom is 1.00 e. The number of carbonyl (C=O) groups is 2. The molecule has 0 aliphatic rings. The third-order valence-corrected chi connectivity index (χ3v) is 3.20. The Balaban J connectivity index is 0.000000620. The molecule has 0 atom stereocenters. The fourth-order valence-corrected chi connectivity index (χ4v) is 2.26. The van der Waals surface area contributed by atoms with Crippen LogP contribution in [0, 0.1) is 0 Å². The molecule has 0 radical (unpaired) electrons. The van der Waals surface area contributed by atoms with Gasteiger partial charge in [-0.25, -0.2) is 0 Å². The maximum absolute atomic E-state index is 11.8. The molecule has 130 valence electrons. The molecule has 0 spiro atoms. The van der Waals surface area contributed by atoms with E-state index in [9.17, 15) is 9.59 Å². The summed E-state index contributed by atoms with van der Waals surface area (Å²) in [5.74, 6) is -0.731. The molecular formula is C20H26LiNO3. The van der Waals surface area contributed by atoms with E-state index in [1.807, 2.05) is 30.3 Å². The van der Waals surface area contributed by atoms with Crippen LogP contribution in [0.3, 0.4) is 0 Å². The Kier molecular flexibility index (Phi) is 11.1. The summed E-state index contributed by atoms with van der Waals surface area (Å²) in [4.78, 5) is 22.8. The normalized spacial score (nSPS) is 10.0. The van der Waals surface area contributed by atoms with Crippen molar-refractivity contribution in [1.82, 2.24) is 0 Å². The molecule has 0 aliphatic carbocycles. The first-order valence-electron chi connectivity index (χ1n) is 8.12. The van der Waals surface area contributed by atoms with Crippen LogP contribution in [0.1, 0.15) is 44.5 Å². The number of benzene rings is 2. The predicted molar refractivity (Wildman–Crippen MR) is 98.5 cm³/mol. The van der Waals surface area contributed by atoms with Crippen LogP contribution in [0.5, 0.6) is 0 Å². The number of nitrogens with zero attached hydrogens (tertiary/aromatic N) is 1. The van der Waals surface area contributed by atoms with Crippen LogP contribution in [0.25, 0.3) is 16.1 Å². The van der Waals surface area contributed by atoms with Crippen molar-refractivity contribution in [3.8, 4) is 0 Å². The summed E-state index contributed by atoms with van der Waals surface area (Å²) in [6.07, 6.45) is -0.213. The third-order valence-electron chi connectivity index (χ3n) is 3.20. The molecule has 0 amide bonds. The van der Waals surface area contributed by atoms with Crippen LogP contribution in [0.2, 0.25) is 0 Å². The second kappa shape index (κ2) is 11.9. The van der Waals surface area contributed by atoms with Crippen molar-refractivity contribution >= 4 is 22.5 Å². The number of fused-ring (bicyclic) bond motifs is 1. The molecule has 0 aromatic heterocycles. The first-order chi connectivity index (χ1) is 11.3. The summed E-state index contributed by atoms with van der Waals surface area (Å²) in [5.41, 5.74) is 0.536. The number of hydrogen-bond donors (Lipinski definition) is 0. The minimum absolute atomic E-state index is 0. The zero-order valence-corrected chi connectivity index (χ0v) is 16.1. The summed E-state index contributed by atoms with van der Waals surface area (Å²) >= 11 is 0. The second-order valence-electron chi connectivity index (χ2n) is 6.07. The van der Waals surface area contributed by atoms with Gasteiger partial charge in [-0.2, -0.15) is 0 Å². The second-order valence-corrected chi connectivity index (χ2v) is 6.07. The average molecular weight is 335 g/mol. The van der Waals surface area contributed by atoms with Gasteiger partial charge in [0.25, 0.3) is 0 Å². The molecule has 25 heavy (non-hydrogen) atoms. The molecule has 0 unspecified atom stereocenters. The molecule has 5 heteroatoms. The van der Waals surface area contributed by atoms with Crippen LogP contribution in [0.15, 0.2) is 42.5 Å². The Morgan fingerprint density at radius 3 is 2.00 bits per heavy atom. The van der Waals surface area contributed by atoms with E-state index in [2.05, 4.69) is 37.7 Å². The van der Waals surface area contributed by atoms with Gasteiger partial charge in [-0.1, -0.05) is 64.1 Å². The predicted octanol–water partition coefficient (Wildman–Crippen LogP) is 1.77. The molecule has 0 fully saturated rings. The Hall–Kier alpha value is -1.60. The van der Waals surface area contributed by atoms with E-state index < -0.39 is 5.97 Å². The van der Waals surface area contributed by atoms with E-state index in [4.69, 9.17) is 0 Å². The van der Waals surface area contributed by atoms with E-state index in [0.29, 0.717) is 17.6 Å². The number of ketones is 1. The smallest absolute Gasteiger partial charge is 0.658 e. The van der Waals surface area contributed by atoms with Gasteiger partial charge in [0.05, 0.1) is 7.11 Å². The van der Waals surface area contributed by atoms with Crippen molar-refractivity contribution in [3.05, 3.63) is 53.3 Å². The maximum atomic E-state index is 11.8. The molecule has 0 bridgehead atoms. The van der Waals surface area contributed by atoms with Gasteiger partial charge in [-0.05, 0) is 16.8 Å². The Morgan fingerprint density at radius 1 is 0.960 bits per heavy atom. The van der Waals surface area contributed by atoms with Crippen LogP contribution < -0.4 is 18.9 Å². The number of carbonyl (C=O) groups excluding carboxylic acids is 2. The molecule has 4 nitrogen and oxygen atoms in total. The molecular weight excluding hydrogens is 309 g/mol.